The van der Waals surface area contributed by atoms with E-state index >= 15 is 0 Å². The van der Waals surface area contributed by atoms with Gasteiger partial charge in [-0.3, -0.25) is 9.69 Å². The van der Waals surface area contributed by atoms with Gasteiger partial charge in [0, 0.05) is 31.6 Å². The van der Waals surface area contributed by atoms with E-state index in [9.17, 15) is 9.90 Å². The monoisotopic (exact) mass is 369 g/mol. The molecule has 6 nitrogen and oxygen atoms in total. The number of hydrogen-bond donors (Lipinski definition) is 1. The van der Waals surface area contributed by atoms with Gasteiger partial charge in [-0.1, -0.05) is 35.5 Å². The number of aliphatic hydroxyl groups excluding tert-OH is 1. The van der Waals surface area contributed by atoms with E-state index < -0.39 is 6.10 Å². The fourth-order valence-corrected chi connectivity index (χ4v) is 4.11. The summed E-state index contributed by atoms with van der Waals surface area (Å²) in [6.45, 7) is 4.08. The van der Waals surface area contributed by atoms with Gasteiger partial charge in [-0.2, -0.15) is 0 Å². The van der Waals surface area contributed by atoms with Crippen molar-refractivity contribution in [2.75, 3.05) is 26.2 Å². The van der Waals surface area contributed by atoms with Crippen LogP contribution in [0.5, 0.6) is 0 Å². The Balaban J connectivity index is 1.32. The molecule has 2 aliphatic rings. The average molecular weight is 369 g/mol. The molecule has 0 unspecified atom stereocenters. The number of carbonyl (C=O) groups is 1. The molecule has 2 aliphatic heterocycles. The average Bonchev–Trinajstić information content (AvgIpc) is 3.19. The van der Waals surface area contributed by atoms with Crippen molar-refractivity contribution in [3.8, 4) is 0 Å². The molecular formula is C21H27N3O3. The third kappa shape index (κ3) is 4.39. The molecule has 1 aromatic carbocycles. The first-order valence-electron chi connectivity index (χ1n) is 9.89. The van der Waals surface area contributed by atoms with Gasteiger partial charge >= 0.3 is 0 Å². The molecule has 27 heavy (non-hydrogen) atoms. The van der Waals surface area contributed by atoms with E-state index in [1.807, 2.05) is 6.07 Å². The molecule has 1 aromatic heterocycles. The van der Waals surface area contributed by atoms with E-state index in [1.165, 1.54) is 5.56 Å². The number of hydrogen-bond acceptors (Lipinski definition) is 5. The molecular weight excluding hydrogens is 342 g/mol. The molecule has 6 heteroatoms. The maximum absolute atomic E-state index is 12.6. The van der Waals surface area contributed by atoms with Gasteiger partial charge in [-0.25, -0.2) is 0 Å². The molecule has 0 bridgehead atoms. The van der Waals surface area contributed by atoms with Crippen LogP contribution in [0.1, 0.15) is 53.4 Å². The third-order valence-corrected chi connectivity index (χ3v) is 5.68. The van der Waals surface area contributed by atoms with Crippen LogP contribution in [0.25, 0.3) is 0 Å². The van der Waals surface area contributed by atoms with Gasteiger partial charge < -0.3 is 14.5 Å². The standard InChI is InChI=1S/C21H27N3O3/c25-18-7-4-10-24(15-18)21(26)20-13-19(22-27-20)17-8-11-23(12-9-17)14-16-5-2-1-3-6-16/h1-3,5-6,13,17-18,25H,4,7-12,14-15H2/t18-/m0/s1. The number of piperidine rings is 2. The zero-order valence-electron chi connectivity index (χ0n) is 15.6. The topological polar surface area (TPSA) is 69.8 Å². The van der Waals surface area contributed by atoms with Crippen molar-refractivity contribution in [3.63, 3.8) is 0 Å². The molecule has 0 saturated carbocycles. The number of benzene rings is 1. The highest BCUT2D eigenvalue weighted by molar-refractivity contribution is 5.91. The smallest absolute Gasteiger partial charge is 0.292 e. The Hall–Kier alpha value is -2.18. The molecule has 1 atom stereocenters. The van der Waals surface area contributed by atoms with E-state index in [-0.39, 0.29) is 5.91 Å². The van der Waals surface area contributed by atoms with Crippen LogP contribution in [-0.2, 0) is 6.54 Å². The molecule has 0 radical (unpaired) electrons. The second-order valence-electron chi connectivity index (χ2n) is 7.70. The summed E-state index contributed by atoms with van der Waals surface area (Å²) < 4.78 is 5.35. The number of aromatic nitrogens is 1. The van der Waals surface area contributed by atoms with Crippen LogP contribution in [0.3, 0.4) is 0 Å². The molecule has 4 rings (SSSR count). The minimum Gasteiger partial charge on any atom is -0.391 e. The second kappa shape index (κ2) is 8.23. The third-order valence-electron chi connectivity index (χ3n) is 5.68. The minimum atomic E-state index is -0.431. The van der Waals surface area contributed by atoms with E-state index in [1.54, 1.807) is 11.0 Å². The normalized spacial score (nSPS) is 22.1. The summed E-state index contributed by atoms with van der Waals surface area (Å²) in [6.07, 6.45) is 3.20. The van der Waals surface area contributed by atoms with Crippen molar-refractivity contribution >= 4 is 5.91 Å². The van der Waals surface area contributed by atoms with Crippen molar-refractivity contribution in [2.24, 2.45) is 0 Å². The summed E-state index contributed by atoms with van der Waals surface area (Å²) in [5, 5.41) is 14.0. The van der Waals surface area contributed by atoms with Gasteiger partial charge in [0.25, 0.3) is 5.91 Å². The fourth-order valence-electron chi connectivity index (χ4n) is 4.11. The summed E-state index contributed by atoms with van der Waals surface area (Å²) in [4.78, 5) is 16.7. The van der Waals surface area contributed by atoms with Crippen LogP contribution in [0, 0.1) is 0 Å². The molecule has 2 saturated heterocycles. The zero-order valence-corrected chi connectivity index (χ0v) is 15.6. The molecule has 1 N–H and O–H groups in total. The highest BCUT2D eigenvalue weighted by atomic mass is 16.5. The highest BCUT2D eigenvalue weighted by Gasteiger charge is 2.28. The number of likely N-dealkylation sites (tertiary alicyclic amines) is 2. The number of β-amino-alcohol motifs (C(OH)–C–C–N with tert-alkyl or cyclic N) is 1. The quantitative estimate of drug-likeness (QED) is 0.897. The molecule has 144 valence electrons. The Labute approximate surface area is 159 Å². The predicted molar refractivity (Wildman–Crippen MR) is 101 cm³/mol. The van der Waals surface area contributed by atoms with Crippen LogP contribution in [0.4, 0.5) is 0 Å². The number of aliphatic hydroxyl groups is 1. The van der Waals surface area contributed by atoms with Gasteiger partial charge in [-0.05, 0) is 44.3 Å². The van der Waals surface area contributed by atoms with Gasteiger partial charge in [0.15, 0.2) is 0 Å². The van der Waals surface area contributed by atoms with Crippen molar-refractivity contribution in [1.82, 2.24) is 15.0 Å². The van der Waals surface area contributed by atoms with Gasteiger partial charge in [0.1, 0.15) is 0 Å². The lowest BCUT2D eigenvalue weighted by Gasteiger charge is -2.31. The lowest BCUT2D eigenvalue weighted by atomic mass is 9.93. The van der Waals surface area contributed by atoms with Crippen LogP contribution in [0.2, 0.25) is 0 Å². The maximum Gasteiger partial charge on any atom is 0.292 e. The fraction of sp³-hybridized carbons (Fsp3) is 0.524. The number of nitrogens with zero attached hydrogens (tertiary/aromatic N) is 3. The van der Waals surface area contributed by atoms with Crippen LogP contribution in [-0.4, -0.2) is 58.3 Å². The van der Waals surface area contributed by atoms with Crippen molar-refractivity contribution < 1.29 is 14.4 Å². The lowest BCUT2D eigenvalue weighted by Crippen LogP contribution is -2.42. The Bertz CT molecular complexity index is 753. The first-order chi connectivity index (χ1) is 13.2. The van der Waals surface area contributed by atoms with Crippen molar-refractivity contribution in [1.29, 1.82) is 0 Å². The van der Waals surface area contributed by atoms with E-state index in [0.29, 0.717) is 24.8 Å². The summed E-state index contributed by atoms with van der Waals surface area (Å²) in [6, 6.07) is 12.3. The SMILES string of the molecule is O=C(c1cc(C2CCN(Cc3ccccc3)CC2)no1)N1CCC[C@H](O)C1. The molecule has 0 aliphatic carbocycles. The van der Waals surface area contributed by atoms with Gasteiger partial charge in [0.2, 0.25) is 5.76 Å². The first-order valence-corrected chi connectivity index (χ1v) is 9.89. The predicted octanol–water partition coefficient (Wildman–Crippen LogP) is 2.65. The second-order valence-corrected chi connectivity index (χ2v) is 7.70. The minimum absolute atomic E-state index is 0.158. The van der Waals surface area contributed by atoms with Gasteiger partial charge in [-0.15, -0.1) is 0 Å². The van der Waals surface area contributed by atoms with Crippen LogP contribution >= 0.6 is 0 Å². The lowest BCUT2D eigenvalue weighted by molar-refractivity contribution is 0.0441. The Morgan fingerprint density at radius 3 is 2.67 bits per heavy atom. The van der Waals surface area contributed by atoms with Crippen LogP contribution in [0.15, 0.2) is 40.9 Å². The number of amides is 1. The van der Waals surface area contributed by atoms with E-state index in [4.69, 9.17) is 4.52 Å². The van der Waals surface area contributed by atoms with Gasteiger partial charge in [0.05, 0.1) is 11.8 Å². The Kier molecular flexibility index (Phi) is 5.55. The summed E-state index contributed by atoms with van der Waals surface area (Å²) in [5.74, 6) is 0.481. The first kappa shape index (κ1) is 18.2. The zero-order chi connectivity index (χ0) is 18.6. The number of rotatable bonds is 4. The summed E-state index contributed by atoms with van der Waals surface area (Å²) in [5.41, 5.74) is 2.23. The largest absolute Gasteiger partial charge is 0.391 e. The van der Waals surface area contributed by atoms with Crippen molar-refractivity contribution in [3.05, 3.63) is 53.4 Å². The van der Waals surface area contributed by atoms with E-state index in [0.717, 1.165) is 51.0 Å². The highest BCUT2D eigenvalue weighted by Crippen LogP contribution is 2.29. The molecule has 1 amide bonds. The maximum atomic E-state index is 12.6. The molecule has 2 aromatic rings. The molecule has 3 heterocycles. The number of carbonyl (C=O) groups excluding carboxylic acids is 1. The van der Waals surface area contributed by atoms with Crippen molar-refractivity contribution in [2.45, 2.75) is 44.2 Å². The molecule has 0 spiro atoms. The Morgan fingerprint density at radius 1 is 1.15 bits per heavy atom. The van der Waals surface area contributed by atoms with Crippen LogP contribution < -0.4 is 0 Å². The Morgan fingerprint density at radius 2 is 1.93 bits per heavy atom. The van der Waals surface area contributed by atoms with E-state index in [2.05, 4.69) is 34.3 Å². The molecule has 2 fully saturated rings. The summed E-state index contributed by atoms with van der Waals surface area (Å²) >= 11 is 0. The summed E-state index contributed by atoms with van der Waals surface area (Å²) in [7, 11) is 0.